The second-order valence-electron chi connectivity index (χ2n) is 6.34. The Morgan fingerprint density at radius 2 is 2.19 bits per heavy atom. The molecule has 1 N–H and O–H groups in total. The molecule has 1 aliphatic heterocycles. The molecule has 0 aliphatic carbocycles. The Bertz CT molecular complexity index is 604. The third-order valence-corrected chi connectivity index (χ3v) is 4.46. The molecule has 0 amide bonds. The van der Waals surface area contributed by atoms with Gasteiger partial charge in [-0.05, 0) is 50.8 Å². The Morgan fingerprint density at radius 1 is 1.35 bits per heavy atom. The molecular formula is C20H31N3O3. The fourth-order valence-electron chi connectivity index (χ4n) is 3.23. The van der Waals surface area contributed by atoms with Crippen LogP contribution in [0.2, 0.25) is 0 Å². The molecule has 0 radical (unpaired) electrons. The van der Waals surface area contributed by atoms with Crippen molar-refractivity contribution in [2.45, 2.75) is 33.1 Å². The van der Waals surface area contributed by atoms with Crippen LogP contribution < -0.4 is 10.1 Å². The van der Waals surface area contributed by atoms with Gasteiger partial charge in [0.15, 0.2) is 5.96 Å². The van der Waals surface area contributed by atoms with E-state index >= 15 is 0 Å². The highest BCUT2D eigenvalue weighted by molar-refractivity contribution is 5.81. The molecule has 0 aromatic heterocycles. The van der Waals surface area contributed by atoms with Crippen molar-refractivity contribution in [3.63, 3.8) is 0 Å². The summed E-state index contributed by atoms with van der Waals surface area (Å²) in [5, 5.41) is 3.41. The maximum atomic E-state index is 12.0. The van der Waals surface area contributed by atoms with Crippen molar-refractivity contribution in [2.75, 3.05) is 39.9 Å². The van der Waals surface area contributed by atoms with E-state index in [0.29, 0.717) is 19.8 Å². The van der Waals surface area contributed by atoms with E-state index in [9.17, 15) is 4.79 Å². The number of carbonyl (C=O) groups excluding carboxylic acids is 1. The first kappa shape index (κ1) is 20.1. The summed E-state index contributed by atoms with van der Waals surface area (Å²) in [4.78, 5) is 18.6. The number of benzene rings is 1. The summed E-state index contributed by atoms with van der Waals surface area (Å²) in [5.41, 5.74) is 1.22. The Hall–Kier alpha value is -2.24. The van der Waals surface area contributed by atoms with Gasteiger partial charge in [0.25, 0.3) is 0 Å². The summed E-state index contributed by atoms with van der Waals surface area (Å²) in [6.07, 6.45) is 2.74. The number of ether oxygens (including phenoxy) is 2. The standard InChI is InChI=1S/C20H31N3O3/c1-4-25-18-10-6-8-16(14-18)11-12-22-20(21-3)23-13-7-9-17(15-23)19(24)26-5-2/h6,8,10,14,17H,4-5,7,9,11-13,15H2,1-3H3,(H,21,22)/t17-/m1/s1. The molecule has 1 saturated heterocycles. The molecule has 6 nitrogen and oxygen atoms in total. The van der Waals surface area contributed by atoms with Crippen LogP contribution in [0.3, 0.4) is 0 Å². The van der Waals surface area contributed by atoms with E-state index in [0.717, 1.165) is 44.1 Å². The molecule has 6 heteroatoms. The van der Waals surface area contributed by atoms with Crippen LogP contribution in [-0.4, -0.2) is 56.7 Å². The van der Waals surface area contributed by atoms with Gasteiger partial charge in [-0.15, -0.1) is 0 Å². The molecule has 1 atom stereocenters. The average Bonchev–Trinajstić information content (AvgIpc) is 2.66. The first-order valence-corrected chi connectivity index (χ1v) is 9.51. The number of rotatable bonds is 7. The monoisotopic (exact) mass is 361 g/mol. The van der Waals surface area contributed by atoms with Gasteiger partial charge < -0.3 is 19.7 Å². The summed E-state index contributed by atoms with van der Waals surface area (Å²) in [6.45, 7) is 7.30. The number of hydrogen-bond acceptors (Lipinski definition) is 4. The highest BCUT2D eigenvalue weighted by Gasteiger charge is 2.28. The molecule has 1 aromatic carbocycles. The van der Waals surface area contributed by atoms with Crippen LogP contribution in [0.5, 0.6) is 5.75 Å². The van der Waals surface area contributed by atoms with Crippen molar-refractivity contribution >= 4 is 11.9 Å². The van der Waals surface area contributed by atoms with Crippen LogP contribution in [0.1, 0.15) is 32.3 Å². The molecular weight excluding hydrogens is 330 g/mol. The van der Waals surface area contributed by atoms with Gasteiger partial charge in [0.1, 0.15) is 5.75 Å². The molecule has 2 rings (SSSR count). The summed E-state index contributed by atoms with van der Waals surface area (Å²) in [5.74, 6) is 1.59. The van der Waals surface area contributed by atoms with Crippen LogP contribution in [0.15, 0.2) is 29.3 Å². The molecule has 26 heavy (non-hydrogen) atoms. The number of carbonyl (C=O) groups is 1. The lowest BCUT2D eigenvalue weighted by molar-refractivity contribution is -0.149. The maximum Gasteiger partial charge on any atom is 0.310 e. The second-order valence-corrected chi connectivity index (χ2v) is 6.34. The van der Waals surface area contributed by atoms with Gasteiger partial charge in [0.2, 0.25) is 0 Å². The van der Waals surface area contributed by atoms with Crippen molar-refractivity contribution in [3.05, 3.63) is 29.8 Å². The Morgan fingerprint density at radius 3 is 2.92 bits per heavy atom. The van der Waals surface area contributed by atoms with Crippen molar-refractivity contribution in [2.24, 2.45) is 10.9 Å². The normalized spacial score (nSPS) is 17.7. The van der Waals surface area contributed by atoms with E-state index in [4.69, 9.17) is 9.47 Å². The SMILES string of the molecule is CCOC(=O)[C@@H]1CCCN(C(=NC)NCCc2cccc(OCC)c2)C1. The Kier molecular flexibility index (Phi) is 8.25. The fraction of sp³-hybridized carbons (Fsp3) is 0.600. The first-order valence-electron chi connectivity index (χ1n) is 9.51. The quantitative estimate of drug-likeness (QED) is 0.459. The van der Waals surface area contributed by atoms with Gasteiger partial charge in [0, 0.05) is 26.7 Å². The van der Waals surface area contributed by atoms with Gasteiger partial charge >= 0.3 is 5.97 Å². The zero-order valence-corrected chi connectivity index (χ0v) is 16.2. The van der Waals surface area contributed by atoms with Crippen LogP contribution >= 0.6 is 0 Å². The van der Waals surface area contributed by atoms with E-state index in [1.807, 2.05) is 26.0 Å². The van der Waals surface area contributed by atoms with Crippen LogP contribution in [0.4, 0.5) is 0 Å². The number of guanidine groups is 1. The summed E-state index contributed by atoms with van der Waals surface area (Å²) < 4.78 is 10.7. The lowest BCUT2D eigenvalue weighted by atomic mass is 9.98. The predicted molar refractivity (Wildman–Crippen MR) is 104 cm³/mol. The number of hydrogen-bond donors (Lipinski definition) is 1. The third kappa shape index (κ3) is 5.93. The zero-order valence-electron chi connectivity index (χ0n) is 16.2. The molecule has 0 unspecified atom stereocenters. The molecule has 1 fully saturated rings. The average molecular weight is 361 g/mol. The van der Waals surface area contributed by atoms with Crippen molar-refractivity contribution in [3.8, 4) is 5.75 Å². The summed E-state index contributed by atoms with van der Waals surface area (Å²) in [6, 6.07) is 8.17. The molecule has 0 spiro atoms. The Balaban J connectivity index is 1.85. The van der Waals surface area contributed by atoms with Gasteiger partial charge in [0.05, 0.1) is 19.1 Å². The van der Waals surface area contributed by atoms with Gasteiger partial charge in [-0.3, -0.25) is 9.79 Å². The highest BCUT2D eigenvalue weighted by atomic mass is 16.5. The summed E-state index contributed by atoms with van der Waals surface area (Å²) in [7, 11) is 1.78. The number of esters is 1. The van der Waals surface area contributed by atoms with Crippen molar-refractivity contribution < 1.29 is 14.3 Å². The van der Waals surface area contributed by atoms with Crippen LogP contribution in [-0.2, 0) is 16.0 Å². The topological polar surface area (TPSA) is 63.2 Å². The predicted octanol–water partition coefficient (Wildman–Crippen LogP) is 2.48. The van der Waals surface area contributed by atoms with E-state index < -0.39 is 0 Å². The molecule has 0 saturated carbocycles. The number of likely N-dealkylation sites (tertiary alicyclic amines) is 1. The van der Waals surface area contributed by atoms with E-state index in [2.05, 4.69) is 27.3 Å². The van der Waals surface area contributed by atoms with Crippen LogP contribution in [0, 0.1) is 5.92 Å². The number of piperidine rings is 1. The van der Waals surface area contributed by atoms with E-state index in [1.165, 1.54) is 5.56 Å². The smallest absolute Gasteiger partial charge is 0.310 e. The fourth-order valence-corrected chi connectivity index (χ4v) is 3.23. The minimum Gasteiger partial charge on any atom is -0.494 e. The molecule has 144 valence electrons. The van der Waals surface area contributed by atoms with Crippen molar-refractivity contribution in [1.29, 1.82) is 0 Å². The first-order chi connectivity index (χ1) is 12.7. The number of nitrogens with one attached hydrogen (secondary N) is 1. The third-order valence-electron chi connectivity index (χ3n) is 4.46. The Labute approximate surface area is 156 Å². The largest absolute Gasteiger partial charge is 0.494 e. The van der Waals surface area contributed by atoms with E-state index in [-0.39, 0.29) is 11.9 Å². The second kappa shape index (κ2) is 10.7. The zero-order chi connectivity index (χ0) is 18.8. The van der Waals surface area contributed by atoms with Crippen LogP contribution in [0.25, 0.3) is 0 Å². The molecule has 0 bridgehead atoms. The minimum atomic E-state index is -0.0969. The molecule has 1 aliphatic rings. The van der Waals surface area contributed by atoms with E-state index in [1.54, 1.807) is 7.05 Å². The highest BCUT2D eigenvalue weighted by Crippen LogP contribution is 2.18. The minimum absolute atomic E-state index is 0.0647. The van der Waals surface area contributed by atoms with Gasteiger partial charge in [-0.2, -0.15) is 0 Å². The lowest BCUT2D eigenvalue weighted by Crippen LogP contribution is -2.48. The molecule has 1 heterocycles. The lowest BCUT2D eigenvalue weighted by Gasteiger charge is -2.34. The summed E-state index contributed by atoms with van der Waals surface area (Å²) >= 11 is 0. The van der Waals surface area contributed by atoms with Crippen molar-refractivity contribution in [1.82, 2.24) is 10.2 Å². The number of aliphatic imine (C=N–C) groups is 1. The molecule has 1 aromatic rings. The van der Waals surface area contributed by atoms with Gasteiger partial charge in [-0.1, -0.05) is 12.1 Å². The number of nitrogens with zero attached hydrogens (tertiary/aromatic N) is 2. The van der Waals surface area contributed by atoms with Gasteiger partial charge in [-0.25, -0.2) is 0 Å². The maximum absolute atomic E-state index is 12.0.